The molecule has 2 rings (SSSR count). The van der Waals surface area contributed by atoms with E-state index in [0.29, 0.717) is 18.0 Å². The first-order valence-corrected chi connectivity index (χ1v) is 6.82. The average molecular weight is 310 g/mol. The quantitative estimate of drug-likeness (QED) is 0.788. The van der Waals surface area contributed by atoms with Crippen molar-refractivity contribution in [1.29, 1.82) is 0 Å². The fraction of sp³-hybridized carbons (Fsp3) is 0.286. The molecule has 0 unspecified atom stereocenters. The van der Waals surface area contributed by atoms with Gasteiger partial charge in [0.15, 0.2) is 0 Å². The minimum atomic E-state index is -0.628. The number of benzene rings is 1. The molecule has 0 bridgehead atoms. The molecule has 1 heterocycles. The fourth-order valence-corrected chi connectivity index (χ4v) is 2.15. The van der Waals surface area contributed by atoms with Crippen LogP contribution in [0.5, 0.6) is 0 Å². The molecule has 1 aromatic heterocycles. The number of hydrogen-bond acceptors (Lipinski definition) is 3. The van der Waals surface area contributed by atoms with Crippen LogP contribution in [0.1, 0.15) is 5.56 Å². The second-order valence-corrected chi connectivity index (χ2v) is 4.89. The predicted octanol–water partition coefficient (Wildman–Crippen LogP) is 1.84. The van der Waals surface area contributed by atoms with Gasteiger partial charge in [-0.1, -0.05) is 11.6 Å². The summed E-state index contributed by atoms with van der Waals surface area (Å²) < 4.78 is 4.38. The summed E-state index contributed by atoms with van der Waals surface area (Å²) >= 11 is 5.98. The second-order valence-electron chi connectivity index (χ2n) is 4.45. The first-order chi connectivity index (χ1) is 10.1. The van der Waals surface area contributed by atoms with E-state index in [0.717, 1.165) is 16.5 Å². The topological polar surface area (TPSA) is 83.2 Å². The summed E-state index contributed by atoms with van der Waals surface area (Å²) in [4.78, 5) is 25.5. The van der Waals surface area contributed by atoms with Crippen molar-refractivity contribution in [3.63, 3.8) is 0 Å². The van der Waals surface area contributed by atoms with Crippen molar-refractivity contribution in [3.8, 4) is 0 Å². The van der Waals surface area contributed by atoms with Crippen molar-refractivity contribution in [2.45, 2.75) is 6.42 Å². The third kappa shape index (κ3) is 4.13. The summed E-state index contributed by atoms with van der Waals surface area (Å²) in [6, 6.07) is 5.63. The van der Waals surface area contributed by atoms with Crippen LogP contribution >= 0.6 is 11.6 Å². The minimum absolute atomic E-state index is 0.105. The molecule has 0 aliphatic rings. The van der Waals surface area contributed by atoms with Gasteiger partial charge >= 0.3 is 6.09 Å². The van der Waals surface area contributed by atoms with E-state index in [1.165, 1.54) is 7.11 Å². The predicted molar refractivity (Wildman–Crippen MR) is 80.4 cm³/mol. The van der Waals surface area contributed by atoms with E-state index in [4.69, 9.17) is 11.6 Å². The molecule has 0 radical (unpaired) electrons. The van der Waals surface area contributed by atoms with Crippen molar-refractivity contribution in [1.82, 2.24) is 15.6 Å². The largest absolute Gasteiger partial charge is 0.453 e. The summed E-state index contributed by atoms with van der Waals surface area (Å²) in [6.07, 6.45) is 1.95. The zero-order valence-electron chi connectivity index (χ0n) is 11.5. The Morgan fingerprint density at radius 1 is 1.33 bits per heavy atom. The molecular formula is C14H16ClN3O3. The molecule has 3 N–H and O–H groups in total. The molecule has 0 fully saturated rings. The Morgan fingerprint density at radius 3 is 2.90 bits per heavy atom. The number of rotatable bonds is 5. The van der Waals surface area contributed by atoms with Gasteiger partial charge in [-0.2, -0.15) is 0 Å². The van der Waals surface area contributed by atoms with Crippen molar-refractivity contribution in [2.24, 2.45) is 0 Å². The molecule has 7 heteroatoms. The smallest absolute Gasteiger partial charge is 0.407 e. The van der Waals surface area contributed by atoms with Gasteiger partial charge in [0, 0.05) is 28.7 Å². The van der Waals surface area contributed by atoms with Gasteiger partial charge in [0.25, 0.3) is 0 Å². The van der Waals surface area contributed by atoms with Gasteiger partial charge in [0.2, 0.25) is 5.91 Å². The molecule has 112 valence electrons. The molecule has 6 nitrogen and oxygen atoms in total. The Hall–Kier alpha value is -2.21. The van der Waals surface area contributed by atoms with E-state index in [1.54, 1.807) is 0 Å². The summed E-state index contributed by atoms with van der Waals surface area (Å²) in [5.41, 5.74) is 2.09. The molecule has 1 aromatic carbocycles. The number of nitrogens with one attached hydrogen (secondary N) is 3. The Balaban J connectivity index is 1.83. The number of H-pyrrole nitrogens is 1. The molecular weight excluding hydrogens is 294 g/mol. The molecule has 0 aliphatic heterocycles. The van der Waals surface area contributed by atoms with Crippen LogP contribution in [-0.2, 0) is 16.0 Å². The number of halogens is 1. The number of fused-ring (bicyclic) bond motifs is 1. The van der Waals surface area contributed by atoms with E-state index in [2.05, 4.69) is 20.4 Å². The molecule has 21 heavy (non-hydrogen) atoms. The number of ether oxygens (including phenoxy) is 1. The van der Waals surface area contributed by atoms with Gasteiger partial charge < -0.3 is 20.4 Å². The number of aromatic amines is 1. The van der Waals surface area contributed by atoms with Gasteiger partial charge in [-0.3, -0.25) is 4.79 Å². The van der Waals surface area contributed by atoms with Gasteiger partial charge in [-0.05, 0) is 30.2 Å². The standard InChI is InChI=1S/C14H16ClN3O3/c1-21-14(20)18-8-13(19)16-5-4-9-7-17-12-3-2-10(15)6-11(9)12/h2-3,6-7,17H,4-5,8H2,1H3,(H,16,19)(H,18,20). The van der Waals surface area contributed by atoms with Crippen LogP contribution in [0.3, 0.4) is 0 Å². The summed E-state index contributed by atoms with van der Waals surface area (Å²) in [7, 11) is 1.25. The monoisotopic (exact) mass is 309 g/mol. The number of methoxy groups -OCH3 is 1. The fourth-order valence-electron chi connectivity index (χ4n) is 1.98. The number of carbonyl (C=O) groups excluding carboxylic acids is 2. The van der Waals surface area contributed by atoms with E-state index in [9.17, 15) is 9.59 Å². The number of hydrogen-bond donors (Lipinski definition) is 3. The van der Waals surface area contributed by atoms with E-state index in [1.807, 2.05) is 24.4 Å². The Kier molecular flexibility index (Phi) is 5.05. The second kappa shape index (κ2) is 6.99. The number of alkyl carbamates (subject to hydrolysis) is 1. The molecule has 0 spiro atoms. The highest BCUT2D eigenvalue weighted by molar-refractivity contribution is 6.31. The first kappa shape index (κ1) is 15.2. The molecule has 2 amide bonds. The van der Waals surface area contributed by atoms with Gasteiger partial charge in [-0.25, -0.2) is 4.79 Å². The van der Waals surface area contributed by atoms with Gasteiger partial charge in [0.1, 0.15) is 0 Å². The average Bonchev–Trinajstić information content (AvgIpc) is 2.87. The highest BCUT2D eigenvalue weighted by atomic mass is 35.5. The third-order valence-corrected chi connectivity index (χ3v) is 3.26. The van der Waals surface area contributed by atoms with E-state index >= 15 is 0 Å². The van der Waals surface area contributed by atoms with Crippen molar-refractivity contribution >= 4 is 34.5 Å². The van der Waals surface area contributed by atoms with Crippen LogP contribution in [-0.4, -0.2) is 37.2 Å². The SMILES string of the molecule is COC(=O)NCC(=O)NCCc1c[nH]c2ccc(Cl)cc12. The molecule has 0 saturated heterocycles. The Labute approximate surface area is 126 Å². The van der Waals surface area contributed by atoms with E-state index < -0.39 is 6.09 Å². The lowest BCUT2D eigenvalue weighted by Crippen LogP contribution is -2.37. The van der Waals surface area contributed by atoms with Crippen LogP contribution < -0.4 is 10.6 Å². The minimum Gasteiger partial charge on any atom is -0.453 e. The van der Waals surface area contributed by atoms with Gasteiger partial charge in [-0.15, -0.1) is 0 Å². The lowest BCUT2D eigenvalue weighted by Gasteiger charge is -2.06. The van der Waals surface area contributed by atoms with Crippen molar-refractivity contribution in [3.05, 3.63) is 35.0 Å². The maximum absolute atomic E-state index is 11.5. The molecule has 0 saturated carbocycles. The molecule has 0 aliphatic carbocycles. The highest BCUT2D eigenvalue weighted by Gasteiger charge is 2.07. The lowest BCUT2D eigenvalue weighted by molar-refractivity contribution is -0.120. The maximum Gasteiger partial charge on any atom is 0.407 e. The zero-order chi connectivity index (χ0) is 15.2. The van der Waals surface area contributed by atoms with Crippen LogP contribution in [0.2, 0.25) is 5.02 Å². The summed E-state index contributed by atoms with van der Waals surface area (Å²) in [5, 5.41) is 6.76. The summed E-state index contributed by atoms with van der Waals surface area (Å²) in [6.45, 7) is 0.369. The van der Waals surface area contributed by atoms with Crippen LogP contribution in [0.15, 0.2) is 24.4 Å². The normalized spacial score (nSPS) is 10.4. The van der Waals surface area contributed by atoms with Crippen molar-refractivity contribution < 1.29 is 14.3 Å². The number of aromatic nitrogens is 1. The summed E-state index contributed by atoms with van der Waals surface area (Å²) in [5.74, 6) is -0.265. The van der Waals surface area contributed by atoms with E-state index in [-0.39, 0.29) is 12.5 Å². The zero-order valence-corrected chi connectivity index (χ0v) is 12.3. The lowest BCUT2D eigenvalue weighted by atomic mass is 10.1. The van der Waals surface area contributed by atoms with Crippen LogP contribution in [0.25, 0.3) is 10.9 Å². The number of carbonyl (C=O) groups is 2. The maximum atomic E-state index is 11.5. The van der Waals surface area contributed by atoms with Crippen LogP contribution in [0, 0.1) is 0 Å². The van der Waals surface area contributed by atoms with Crippen molar-refractivity contribution in [2.75, 3.05) is 20.2 Å². The Morgan fingerprint density at radius 2 is 2.14 bits per heavy atom. The molecule has 2 aromatic rings. The highest BCUT2D eigenvalue weighted by Crippen LogP contribution is 2.22. The first-order valence-electron chi connectivity index (χ1n) is 6.44. The number of amides is 2. The van der Waals surface area contributed by atoms with Gasteiger partial charge in [0.05, 0.1) is 13.7 Å². The van der Waals surface area contributed by atoms with Crippen LogP contribution in [0.4, 0.5) is 4.79 Å². The Bertz CT molecular complexity index is 654. The third-order valence-electron chi connectivity index (χ3n) is 3.02. The molecule has 0 atom stereocenters.